The fourth-order valence-electron chi connectivity index (χ4n) is 2.33. The molecule has 1 aromatic heterocycles. The maximum Gasteiger partial charge on any atom is 0.271 e. The molecule has 0 saturated heterocycles. The van der Waals surface area contributed by atoms with Crippen molar-refractivity contribution in [1.82, 2.24) is 15.4 Å². The number of primary amides is 1. The first-order valence-corrected chi connectivity index (χ1v) is 7.34. The van der Waals surface area contributed by atoms with Gasteiger partial charge in [0.1, 0.15) is 18.1 Å². The van der Waals surface area contributed by atoms with Gasteiger partial charge >= 0.3 is 0 Å². The van der Waals surface area contributed by atoms with Gasteiger partial charge in [0.25, 0.3) is 5.91 Å². The number of carbonyl (C=O) groups is 1. The van der Waals surface area contributed by atoms with Crippen LogP contribution in [0.1, 0.15) is 16.1 Å². The Morgan fingerprint density at radius 1 is 1.20 bits per heavy atom. The molecule has 0 fully saturated rings. The van der Waals surface area contributed by atoms with E-state index in [0.29, 0.717) is 28.3 Å². The summed E-state index contributed by atoms with van der Waals surface area (Å²) in [6, 6.07) is 11.2. The van der Waals surface area contributed by atoms with E-state index in [1.165, 1.54) is 19.2 Å². The van der Waals surface area contributed by atoms with Crippen LogP contribution in [0, 0.1) is 5.82 Å². The van der Waals surface area contributed by atoms with Crippen molar-refractivity contribution in [3.8, 4) is 22.8 Å². The maximum absolute atomic E-state index is 13.2. The summed E-state index contributed by atoms with van der Waals surface area (Å²) in [5, 5.41) is 10.1. The number of H-pyrrole nitrogens is 1. The van der Waals surface area contributed by atoms with E-state index in [4.69, 9.17) is 15.2 Å². The summed E-state index contributed by atoms with van der Waals surface area (Å²) in [6.45, 7) is 0.184. The minimum Gasteiger partial charge on any atom is -0.493 e. The molecule has 1 amide bonds. The van der Waals surface area contributed by atoms with Gasteiger partial charge < -0.3 is 15.2 Å². The topological polar surface area (TPSA) is 103 Å². The predicted octanol–water partition coefficient (Wildman–Crippen LogP) is 2.30. The van der Waals surface area contributed by atoms with Gasteiger partial charge in [0.2, 0.25) is 0 Å². The van der Waals surface area contributed by atoms with Gasteiger partial charge in [0, 0.05) is 5.56 Å². The van der Waals surface area contributed by atoms with Gasteiger partial charge in [0.15, 0.2) is 17.2 Å². The Labute approximate surface area is 142 Å². The molecule has 0 radical (unpaired) electrons. The molecule has 1 heterocycles. The number of halogens is 1. The standard InChI is InChI=1S/C17H15FN4O3/c1-24-14-8-11(15-16(17(19)23)21-22-20-15)5-6-13(14)25-9-10-3-2-4-12(18)7-10/h2-8H,9H2,1H3,(H2,19,23)(H,20,21,22). The van der Waals surface area contributed by atoms with Crippen molar-refractivity contribution < 1.29 is 18.7 Å². The van der Waals surface area contributed by atoms with Crippen LogP contribution in [0.3, 0.4) is 0 Å². The zero-order chi connectivity index (χ0) is 17.8. The minimum atomic E-state index is -0.686. The summed E-state index contributed by atoms with van der Waals surface area (Å²) in [5.74, 6) is -0.102. The molecule has 3 aromatic rings. The van der Waals surface area contributed by atoms with Crippen molar-refractivity contribution in [2.75, 3.05) is 7.11 Å². The van der Waals surface area contributed by atoms with E-state index in [-0.39, 0.29) is 18.1 Å². The van der Waals surface area contributed by atoms with Crippen LogP contribution >= 0.6 is 0 Å². The Balaban J connectivity index is 1.84. The summed E-state index contributed by atoms with van der Waals surface area (Å²) < 4.78 is 24.2. The van der Waals surface area contributed by atoms with Crippen molar-refractivity contribution in [3.05, 3.63) is 59.5 Å². The number of benzene rings is 2. The van der Waals surface area contributed by atoms with Gasteiger partial charge in [-0.05, 0) is 35.9 Å². The second kappa shape index (κ2) is 7.00. The van der Waals surface area contributed by atoms with Crippen molar-refractivity contribution in [2.24, 2.45) is 5.73 Å². The molecule has 8 heteroatoms. The van der Waals surface area contributed by atoms with Crippen molar-refractivity contribution in [2.45, 2.75) is 6.61 Å². The van der Waals surface area contributed by atoms with Gasteiger partial charge in [0.05, 0.1) is 7.11 Å². The zero-order valence-corrected chi connectivity index (χ0v) is 13.3. The molecule has 3 N–H and O–H groups in total. The van der Waals surface area contributed by atoms with E-state index in [9.17, 15) is 9.18 Å². The summed E-state index contributed by atoms with van der Waals surface area (Å²) >= 11 is 0. The van der Waals surface area contributed by atoms with Crippen LogP contribution in [0.15, 0.2) is 42.5 Å². The van der Waals surface area contributed by atoms with E-state index in [1.54, 1.807) is 30.3 Å². The number of aromatic nitrogens is 3. The summed E-state index contributed by atoms with van der Waals surface area (Å²) in [5.41, 5.74) is 6.92. The van der Waals surface area contributed by atoms with Crippen molar-refractivity contribution in [1.29, 1.82) is 0 Å². The number of carbonyl (C=O) groups excluding carboxylic acids is 1. The third-order valence-corrected chi connectivity index (χ3v) is 3.50. The number of hydrogen-bond donors (Lipinski definition) is 2. The number of hydrogen-bond acceptors (Lipinski definition) is 5. The fraction of sp³-hybridized carbons (Fsp3) is 0.118. The second-order valence-electron chi connectivity index (χ2n) is 5.17. The largest absolute Gasteiger partial charge is 0.493 e. The second-order valence-corrected chi connectivity index (χ2v) is 5.17. The highest BCUT2D eigenvalue weighted by Crippen LogP contribution is 2.33. The van der Waals surface area contributed by atoms with E-state index >= 15 is 0 Å². The lowest BCUT2D eigenvalue weighted by atomic mass is 10.1. The average molecular weight is 342 g/mol. The van der Waals surface area contributed by atoms with Crippen LogP contribution in [-0.4, -0.2) is 28.4 Å². The van der Waals surface area contributed by atoms with Crippen molar-refractivity contribution >= 4 is 5.91 Å². The molecular weight excluding hydrogens is 327 g/mol. The first-order chi connectivity index (χ1) is 12.1. The molecule has 0 aliphatic carbocycles. The lowest BCUT2D eigenvalue weighted by molar-refractivity contribution is 0.0996. The third kappa shape index (κ3) is 3.57. The van der Waals surface area contributed by atoms with E-state index in [1.807, 2.05) is 0 Å². The Morgan fingerprint density at radius 2 is 2.04 bits per heavy atom. The van der Waals surface area contributed by atoms with Crippen LogP contribution in [0.25, 0.3) is 11.3 Å². The highest BCUT2D eigenvalue weighted by molar-refractivity contribution is 5.96. The Morgan fingerprint density at radius 3 is 2.76 bits per heavy atom. The molecular formula is C17H15FN4O3. The Hall–Kier alpha value is -3.42. The van der Waals surface area contributed by atoms with Crippen LogP contribution in [0.4, 0.5) is 4.39 Å². The summed E-state index contributed by atoms with van der Waals surface area (Å²) in [4.78, 5) is 11.4. The summed E-state index contributed by atoms with van der Waals surface area (Å²) in [7, 11) is 1.49. The number of amides is 1. The van der Waals surface area contributed by atoms with Gasteiger partial charge in [-0.3, -0.25) is 4.79 Å². The number of nitrogens with two attached hydrogens (primary N) is 1. The minimum absolute atomic E-state index is 0.0375. The van der Waals surface area contributed by atoms with Crippen LogP contribution < -0.4 is 15.2 Å². The Kier molecular flexibility index (Phi) is 4.60. The molecule has 0 bridgehead atoms. The molecule has 0 aliphatic heterocycles. The molecule has 25 heavy (non-hydrogen) atoms. The molecule has 0 aliphatic rings. The van der Waals surface area contributed by atoms with Crippen LogP contribution in [0.2, 0.25) is 0 Å². The molecule has 0 atom stereocenters. The normalized spacial score (nSPS) is 10.5. The highest BCUT2D eigenvalue weighted by atomic mass is 19.1. The lowest BCUT2D eigenvalue weighted by Crippen LogP contribution is -2.12. The van der Waals surface area contributed by atoms with E-state index in [0.717, 1.165) is 0 Å². The molecule has 128 valence electrons. The fourth-order valence-corrected chi connectivity index (χ4v) is 2.33. The molecule has 0 spiro atoms. The number of ether oxygens (including phenoxy) is 2. The predicted molar refractivity (Wildman–Crippen MR) is 87.6 cm³/mol. The molecule has 2 aromatic carbocycles. The monoisotopic (exact) mass is 342 g/mol. The maximum atomic E-state index is 13.2. The van der Waals surface area contributed by atoms with Crippen LogP contribution in [0.5, 0.6) is 11.5 Å². The van der Waals surface area contributed by atoms with Crippen molar-refractivity contribution in [3.63, 3.8) is 0 Å². The first-order valence-electron chi connectivity index (χ1n) is 7.34. The third-order valence-electron chi connectivity index (χ3n) is 3.50. The first kappa shape index (κ1) is 16.4. The van der Waals surface area contributed by atoms with Gasteiger partial charge in [-0.15, -0.1) is 0 Å². The van der Waals surface area contributed by atoms with Crippen LogP contribution in [-0.2, 0) is 6.61 Å². The smallest absolute Gasteiger partial charge is 0.271 e. The number of methoxy groups -OCH3 is 1. The Bertz CT molecular complexity index is 910. The zero-order valence-electron chi connectivity index (χ0n) is 13.3. The molecule has 7 nitrogen and oxygen atoms in total. The SMILES string of the molecule is COc1cc(-c2n[nH]nc2C(N)=O)ccc1OCc1cccc(F)c1. The van der Waals surface area contributed by atoms with E-state index < -0.39 is 5.91 Å². The average Bonchev–Trinajstić information content (AvgIpc) is 3.10. The highest BCUT2D eigenvalue weighted by Gasteiger charge is 2.17. The molecule has 3 rings (SSSR count). The summed E-state index contributed by atoms with van der Waals surface area (Å²) in [6.07, 6.45) is 0. The molecule has 0 saturated carbocycles. The van der Waals surface area contributed by atoms with E-state index in [2.05, 4.69) is 15.4 Å². The lowest BCUT2D eigenvalue weighted by Gasteiger charge is -2.12. The number of rotatable bonds is 6. The quantitative estimate of drug-likeness (QED) is 0.715. The number of nitrogens with one attached hydrogen (secondary N) is 1. The van der Waals surface area contributed by atoms with Gasteiger partial charge in [-0.25, -0.2) is 4.39 Å². The van der Waals surface area contributed by atoms with Gasteiger partial charge in [-0.1, -0.05) is 12.1 Å². The molecule has 0 unspecified atom stereocenters. The number of aromatic amines is 1. The van der Waals surface area contributed by atoms with Gasteiger partial charge in [-0.2, -0.15) is 15.4 Å². The number of nitrogens with zero attached hydrogens (tertiary/aromatic N) is 2.